The number of halogens is 6. The molecule has 0 bridgehead atoms. The number of alkyl halides is 6. The topological polar surface area (TPSA) is 67.9 Å². The maximum absolute atomic E-state index is 13.1. The van der Waals surface area contributed by atoms with E-state index in [0.717, 1.165) is 0 Å². The van der Waals surface area contributed by atoms with Crippen LogP contribution in [-0.4, -0.2) is 42.7 Å². The number of hydrogen-bond donors (Lipinski definition) is 1. The van der Waals surface area contributed by atoms with Gasteiger partial charge in [-0.3, -0.25) is 0 Å². The van der Waals surface area contributed by atoms with E-state index in [1.54, 1.807) is 0 Å². The zero-order valence-corrected chi connectivity index (χ0v) is 19.4. The van der Waals surface area contributed by atoms with Gasteiger partial charge in [0.25, 0.3) is 0 Å². The second-order valence-corrected chi connectivity index (χ2v) is 8.33. The molecule has 0 saturated carbocycles. The van der Waals surface area contributed by atoms with E-state index in [1.807, 2.05) is 6.92 Å². The highest BCUT2D eigenvalue weighted by molar-refractivity contribution is 5.90. The maximum atomic E-state index is 13.1. The van der Waals surface area contributed by atoms with Crippen molar-refractivity contribution in [2.45, 2.75) is 50.7 Å². The van der Waals surface area contributed by atoms with Crippen LogP contribution in [0.5, 0.6) is 5.75 Å². The van der Waals surface area contributed by atoms with Crippen molar-refractivity contribution in [3.8, 4) is 5.75 Å². The van der Waals surface area contributed by atoms with Gasteiger partial charge in [0.05, 0.1) is 23.8 Å². The Kier molecular flexibility index (Phi) is 8.17. The molecule has 1 heterocycles. The number of likely N-dealkylation sites (tertiary alicyclic amines) is 1. The summed E-state index contributed by atoms with van der Waals surface area (Å²) in [5, 5.41) is 2.95. The molecule has 196 valence electrons. The molecule has 0 aromatic heterocycles. The van der Waals surface area contributed by atoms with Crippen molar-refractivity contribution in [1.29, 1.82) is 0 Å². The number of carbonyl (C=O) groups is 2. The standard InChI is InChI=1S/C24H24F6N2O4/c1-3-19-11-18(13-32(19)22(34)36-20-6-4-5-15(9-20)21(33)35-2)31-12-14-7-16(23(25,26)27)10-17(8-14)24(28,29)30/h4-10,18-19,31H,3,11-13H2,1-2H3/t18-,19+/m0/s1. The largest absolute Gasteiger partial charge is 0.465 e. The normalized spacial score (nSPS) is 18.3. The molecule has 3 rings (SSSR count). The summed E-state index contributed by atoms with van der Waals surface area (Å²) in [5.74, 6) is -0.481. The predicted molar refractivity (Wildman–Crippen MR) is 116 cm³/mol. The van der Waals surface area contributed by atoms with Crippen LogP contribution in [0.4, 0.5) is 31.1 Å². The van der Waals surface area contributed by atoms with E-state index >= 15 is 0 Å². The average Bonchev–Trinajstić information content (AvgIpc) is 3.24. The SMILES string of the molecule is CC[C@@H]1C[C@H](NCc2cc(C(F)(F)F)cc(C(F)(F)F)c2)CN1C(=O)Oc1cccc(C(=O)OC)c1. The number of methoxy groups -OCH3 is 1. The summed E-state index contributed by atoms with van der Waals surface area (Å²) in [4.78, 5) is 25.9. The number of nitrogens with one attached hydrogen (secondary N) is 1. The molecule has 36 heavy (non-hydrogen) atoms. The van der Waals surface area contributed by atoms with Crippen molar-refractivity contribution in [2.75, 3.05) is 13.7 Å². The van der Waals surface area contributed by atoms with E-state index in [1.165, 1.54) is 36.3 Å². The van der Waals surface area contributed by atoms with Crippen molar-refractivity contribution in [3.05, 3.63) is 64.7 Å². The van der Waals surface area contributed by atoms with E-state index in [0.29, 0.717) is 25.0 Å². The van der Waals surface area contributed by atoms with Crippen LogP contribution in [0.1, 0.15) is 46.8 Å². The molecule has 1 aliphatic heterocycles. The highest BCUT2D eigenvalue weighted by Crippen LogP contribution is 2.36. The van der Waals surface area contributed by atoms with Crippen LogP contribution in [-0.2, 0) is 23.6 Å². The molecule has 2 aromatic rings. The zero-order valence-electron chi connectivity index (χ0n) is 19.4. The third-order valence-corrected chi connectivity index (χ3v) is 5.82. The fourth-order valence-electron chi connectivity index (χ4n) is 4.02. The molecule has 6 nitrogen and oxygen atoms in total. The van der Waals surface area contributed by atoms with Crippen LogP contribution in [0.2, 0.25) is 0 Å². The van der Waals surface area contributed by atoms with Gasteiger partial charge in [0.15, 0.2) is 0 Å². The van der Waals surface area contributed by atoms with E-state index in [2.05, 4.69) is 10.1 Å². The highest BCUT2D eigenvalue weighted by atomic mass is 19.4. The first-order chi connectivity index (χ1) is 16.8. The second-order valence-electron chi connectivity index (χ2n) is 8.33. The lowest BCUT2D eigenvalue weighted by atomic mass is 10.0. The van der Waals surface area contributed by atoms with Gasteiger partial charge >= 0.3 is 24.4 Å². The lowest BCUT2D eigenvalue weighted by Crippen LogP contribution is -2.39. The monoisotopic (exact) mass is 518 g/mol. The van der Waals surface area contributed by atoms with Crippen molar-refractivity contribution in [2.24, 2.45) is 0 Å². The van der Waals surface area contributed by atoms with E-state index in [4.69, 9.17) is 4.74 Å². The van der Waals surface area contributed by atoms with Crippen molar-refractivity contribution in [3.63, 3.8) is 0 Å². The molecule has 2 atom stereocenters. The summed E-state index contributed by atoms with van der Waals surface area (Å²) >= 11 is 0. The number of amides is 1. The third kappa shape index (κ3) is 6.68. The molecule has 1 saturated heterocycles. The van der Waals surface area contributed by atoms with Gasteiger partial charge in [0.1, 0.15) is 5.75 Å². The Hall–Kier alpha value is -3.28. The summed E-state index contributed by atoms with van der Waals surface area (Å²) < 4.78 is 88.7. The number of rotatable bonds is 6. The third-order valence-electron chi connectivity index (χ3n) is 5.82. The van der Waals surface area contributed by atoms with Gasteiger partial charge in [-0.25, -0.2) is 9.59 Å². The van der Waals surface area contributed by atoms with E-state index in [9.17, 15) is 35.9 Å². The van der Waals surface area contributed by atoms with Crippen LogP contribution in [0.15, 0.2) is 42.5 Å². The van der Waals surface area contributed by atoms with Gasteiger partial charge in [0.2, 0.25) is 0 Å². The molecule has 0 unspecified atom stereocenters. The Morgan fingerprint density at radius 1 is 1.03 bits per heavy atom. The molecule has 1 fully saturated rings. The average molecular weight is 518 g/mol. The first kappa shape index (κ1) is 27.3. The van der Waals surface area contributed by atoms with Gasteiger partial charge in [-0.1, -0.05) is 13.0 Å². The van der Waals surface area contributed by atoms with Gasteiger partial charge in [-0.2, -0.15) is 26.3 Å². The zero-order chi connectivity index (χ0) is 26.7. The Morgan fingerprint density at radius 2 is 1.67 bits per heavy atom. The van der Waals surface area contributed by atoms with Crippen LogP contribution in [0.25, 0.3) is 0 Å². The predicted octanol–water partition coefficient (Wildman–Crippen LogP) is 5.65. The van der Waals surface area contributed by atoms with E-state index < -0.39 is 35.5 Å². The van der Waals surface area contributed by atoms with Crippen LogP contribution in [0, 0.1) is 0 Å². The molecule has 0 spiro atoms. The minimum atomic E-state index is -4.93. The Bertz CT molecular complexity index is 1070. The lowest BCUT2D eigenvalue weighted by molar-refractivity contribution is -0.143. The van der Waals surface area contributed by atoms with Crippen LogP contribution < -0.4 is 10.1 Å². The molecular weight excluding hydrogens is 494 g/mol. The number of ether oxygens (including phenoxy) is 2. The van der Waals surface area contributed by atoms with Gasteiger partial charge in [-0.05, 0) is 54.8 Å². The summed E-state index contributed by atoms with van der Waals surface area (Å²) in [6.07, 6.45) is -9.56. The van der Waals surface area contributed by atoms with Gasteiger partial charge < -0.3 is 19.7 Å². The molecule has 1 aliphatic rings. The minimum Gasteiger partial charge on any atom is -0.465 e. The summed E-state index contributed by atoms with van der Waals surface area (Å²) in [6, 6.07) is 6.64. The van der Waals surface area contributed by atoms with Gasteiger partial charge in [-0.15, -0.1) is 0 Å². The first-order valence-corrected chi connectivity index (χ1v) is 11.0. The van der Waals surface area contributed by atoms with Crippen molar-refractivity contribution in [1.82, 2.24) is 10.2 Å². The number of benzene rings is 2. The molecular formula is C24H24F6N2O4. The fourth-order valence-corrected chi connectivity index (χ4v) is 4.02. The Balaban J connectivity index is 1.69. The Labute approximate surface area is 203 Å². The molecule has 1 N–H and O–H groups in total. The molecule has 12 heteroatoms. The van der Waals surface area contributed by atoms with Crippen molar-refractivity contribution < 1.29 is 45.4 Å². The van der Waals surface area contributed by atoms with Gasteiger partial charge in [0, 0.05) is 25.2 Å². The summed E-state index contributed by atoms with van der Waals surface area (Å²) in [7, 11) is 1.22. The molecule has 1 amide bonds. The highest BCUT2D eigenvalue weighted by Gasteiger charge is 2.38. The maximum Gasteiger partial charge on any atom is 0.416 e. The lowest BCUT2D eigenvalue weighted by Gasteiger charge is -2.22. The first-order valence-electron chi connectivity index (χ1n) is 11.0. The molecule has 2 aromatic carbocycles. The number of nitrogens with zero attached hydrogens (tertiary/aromatic N) is 1. The molecule has 0 aliphatic carbocycles. The number of hydrogen-bond acceptors (Lipinski definition) is 5. The summed E-state index contributed by atoms with van der Waals surface area (Å²) in [6.45, 7) is 1.73. The second kappa shape index (κ2) is 10.8. The Morgan fingerprint density at radius 3 is 2.22 bits per heavy atom. The smallest absolute Gasteiger partial charge is 0.416 e. The van der Waals surface area contributed by atoms with E-state index in [-0.39, 0.29) is 48.1 Å². The van der Waals surface area contributed by atoms with Crippen molar-refractivity contribution >= 4 is 12.1 Å². The minimum absolute atomic E-state index is 0.0825. The fraction of sp³-hybridized carbons (Fsp3) is 0.417. The summed E-state index contributed by atoms with van der Waals surface area (Å²) in [5.41, 5.74) is -2.75. The van der Waals surface area contributed by atoms with Crippen LogP contribution >= 0.6 is 0 Å². The number of carbonyl (C=O) groups excluding carboxylic acids is 2. The number of esters is 1. The quantitative estimate of drug-likeness (QED) is 0.395. The molecule has 0 radical (unpaired) electrons. The van der Waals surface area contributed by atoms with Crippen LogP contribution in [0.3, 0.4) is 0 Å².